The van der Waals surface area contributed by atoms with Crippen molar-refractivity contribution in [1.82, 2.24) is 31.9 Å². The molecular formula is C85H120F12N18O6. The van der Waals surface area contributed by atoms with Crippen molar-refractivity contribution in [2.24, 2.45) is 68.8 Å². The van der Waals surface area contributed by atoms with E-state index in [1.807, 2.05) is 111 Å². The van der Waals surface area contributed by atoms with E-state index in [1.54, 1.807) is 6.07 Å². The van der Waals surface area contributed by atoms with Gasteiger partial charge in [0.25, 0.3) is 35.4 Å². The number of carbonyl (C=O) groups excluding carboxylic acids is 6. The highest BCUT2D eigenvalue weighted by Crippen LogP contribution is 2.37. The van der Waals surface area contributed by atoms with Crippen LogP contribution in [0.4, 0.5) is 52.7 Å². The summed E-state index contributed by atoms with van der Waals surface area (Å²) in [5, 5.41) is 15.6. The molecule has 6 amide bonds. The van der Waals surface area contributed by atoms with Gasteiger partial charge in [-0.05, 0) is 227 Å². The average molecular weight is 1720 g/mol. The maximum atomic E-state index is 12.9. The lowest BCUT2D eigenvalue weighted by atomic mass is 9.99. The second-order valence-electron chi connectivity index (χ2n) is 28.4. The smallest absolute Gasteiger partial charge is 0.350 e. The second kappa shape index (κ2) is 56.6. The largest absolute Gasteiger partial charge is 0.417 e. The third kappa shape index (κ3) is 43.4. The number of aryl methyl sites for hydroxylation is 3. The predicted octanol–water partition coefficient (Wildman–Crippen LogP) is 9.56. The molecule has 24 nitrogen and oxygen atoms in total. The Morgan fingerprint density at radius 2 is 0.620 bits per heavy atom. The highest BCUT2D eigenvalue weighted by atomic mass is 19.4. The van der Waals surface area contributed by atoms with E-state index in [1.165, 1.54) is 31.2 Å². The normalized spacial score (nSPS) is 12.7. The standard InChI is InChI=1S/C18H23N3O.C14H17F6N3O.C14H20F3N3O.C13H18F3N3O.2C13H21N3O/c19-12-6-9-15(20)13-21-18(22)17-11-5-4-10-16(17)14-7-2-1-3-8-14;15-13(16,17)8-3-4-11(14(18,19)20)10(6-8)12(24)23-7-9(22)2-1-5-21;1-9-4-5-10(7-12(9)14(15,16)17)13(21)20-8-11(19)3-2-6-18;14-13(15,16)11-6-2-1-5-10(11)12(20)19-8-9(18)4-3-7-17;1-10-4-2-5-11(8-10)13(17)16-9-12(15)6-3-7-14;1-10-4-6-11(7-5-10)13(17)16-9-12(15)3-2-8-14/h1-5,7-8,10-11,15H,6,9,12-13,19-20H2,(H,21,22);3-4,6,9H,1-2,5,7,21-22H2,(H,23,24);4-5,7,11H,2-3,6,8,18-19H2,1H3,(H,20,21);1-2,5-6,9H,3-4,7-8,17-18H2,(H,19,20);2,4-5,8,12H,3,6-7,9,14-15H2,1H3,(H,16,17);4-7,12H,2-3,8-9,14-15H2,1H3,(H,16,17)/t15-;9-;11-;9-;2*12-/m000000/s1. The molecule has 0 fully saturated rings. The molecule has 0 spiro atoms. The number of halogens is 12. The number of rotatable bonds is 37. The molecule has 0 bridgehead atoms. The highest BCUT2D eigenvalue weighted by Gasteiger charge is 2.39. The Labute approximate surface area is 699 Å². The lowest BCUT2D eigenvalue weighted by Crippen LogP contribution is -2.38. The van der Waals surface area contributed by atoms with Gasteiger partial charge in [-0.15, -0.1) is 0 Å². The summed E-state index contributed by atoms with van der Waals surface area (Å²) in [5.74, 6) is -2.85. The molecule has 0 aliphatic rings. The molecule has 36 heteroatoms. The van der Waals surface area contributed by atoms with Crippen molar-refractivity contribution in [2.75, 3.05) is 78.5 Å². The Morgan fingerprint density at radius 3 is 1.01 bits per heavy atom. The van der Waals surface area contributed by atoms with Gasteiger partial charge in [0.1, 0.15) is 0 Å². The molecule has 121 heavy (non-hydrogen) atoms. The van der Waals surface area contributed by atoms with Crippen molar-refractivity contribution < 1.29 is 81.5 Å². The summed E-state index contributed by atoms with van der Waals surface area (Å²) in [4.78, 5) is 71.5. The van der Waals surface area contributed by atoms with Crippen LogP contribution in [0.25, 0.3) is 11.1 Å². The fourth-order valence-corrected chi connectivity index (χ4v) is 11.0. The molecule has 0 aliphatic heterocycles. The third-order valence-corrected chi connectivity index (χ3v) is 17.9. The van der Waals surface area contributed by atoms with Crippen LogP contribution < -0.4 is 101 Å². The minimum absolute atomic E-state index is 0.0204. The van der Waals surface area contributed by atoms with E-state index in [0.29, 0.717) is 108 Å². The molecule has 0 saturated heterocycles. The molecule has 7 rings (SSSR count). The molecule has 0 saturated carbocycles. The van der Waals surface area contributed by atoms with Gasteiger partial charge in [-0.2, -0.15) is 52.7 Å². The minimum atomic E-state index is -4.96. The molecule has 0 heterocycles. The fraction of sp³-hybridized carbons (Fsp3) is 0.435. The van der Waals surface area contributed by atoms with Crippen LogP contribution in [0.3, 0.4) is 0 Å². The van der Waals surface area contributed by atoms with Gasteiger partial charge in [-0.25, -0.2) is 0 Å². The van der Waals surface area contributed by atoms with Gasteiger partial charge in [0.15, 0.2) is 0 Å². The topological polar surface area (TPSA) is 487 Å². The lowest BCUT2D eigenvalue weighted by Gasteiger charge is -2.17. The summed E-state index contributed by atoms with van der Waals surface area (Å²) in [6.45, 7) is 10.1. The molecule has 30 N–H and O–H groups in total. The summed E-state index contributed by atoms with van der Waals surface area (Å²) in [5.41, 5.74) is 67.2. The highest BCUT2D eigenvalue weighted by molar-refractivity contribution is 6.01. The predicted molar refractivity (Wildman–Crippen MR) is 450 cm³/mol. The van der Waals surface area contributed by atoms with Crippen molar-refractivity contribution in [3.05, 3.63) is 236 Å². The summed E-state index contributed by atoms with van der Waals surface area (Å²) < 4.78 is 153. The lowest BCUT2D eigenvalue weighted by molar-refractivity contribution is -0.141. The van der Waals surface area contributed by atoms with Crippen molar-refractivity contribution in [1.29, 1.82) is 0 Å². The van der Waals surface area contributed by atoms with E-state index in [4.69, 9.17) is 68.8 Å². The first-order chi connectivity index (χ1) is 57.1. The summed E-state index contributed by atoms with van der Waals surface area (Å²) >= 11 is 0. The van der Waals surface area contributed by atoms with Crippen molar-refractivity contribution >= 4 is 35.4 Å². The first-order valence-electron chi connectivity index (χ1n) is 39.4. The van der Waals surface area contributed by atoms with Gasteiger partial charge in [-0.3, -0.25) is 28.8 Å². The number of alkyl halides is 12. The van der Waals surface area contributed by atoms with E-state index in [-0.39, 0.29) is 96.9 Å². The Hall–Kier alpha value is -9.96. The SMILES string of the molecule is Cc1ccc(C(=O)NC[C@@H](N)CCCN)cc1.Cc1ccc(C(=O)NC[C@@H](N)CCCN)cc1C(F)(F)F.Cc1cccc(C(=O)NC[C@@H](N)CCCN)c1.NCCC[C@H](N)CNC(=O)c1cc(C(F)(F)F)ccc1C(F)(F)F.NCCC[C@H](N)CNC(=O)c1ccccc1-c1ccccc1.NCCC[C@H](N)CNC(=O)c1ccccc1C(F)(F)F. The van der Waals surface area contributed by atoms with E-state index in [9.17, 15) is 81.5 Å². The van der Waals surface area contributed by atoms with Crippen LogP contribution in [0.5, 0.6) is 0 Å². The average Bonchev–Trinajstić information content (AvgIpc) is 0.784. The monoisotopic (exact) mass is 1720 g/mol. The molecular weight excluding hydrogens is 1600 g/mol. The third-order valence-electron chi connectivity index (χ3n) is 17.9. The molecule has 7 aromatic carbocycles. The van der Waals surface area contributed by atoms with Crippen LogP contribution in [-0.4, -0.2) is 150 Å². The van der Waals surface area contributed by atoms with Crippen LogP contribution in [-0.2, 0) is 24.7 Å². The molecule has 7 aromatic rings. The maximum absolute atomic E-state index is 12.9. The number of nitrogens with one attached hydrogen (secondary N) is 6. The van der Waals surface area contributed by atoms with E-state index >= 15 is 0 Å². The molecule has 0 aliphatic carbocycles. The fourth-order valence-electron chi connectivity index (χ4n) is 11.0. The van der Waals surface area contributed by atoms with Crippen LogP contribution in [0.15, 0.2) is 164 Å². The van der Waals surface area contributed by atoms with Crippen molar-refractivity contribution in [2.45, 2.75) is 159 Å². The Morgan fingerprint density at radius 1 is 0.289 bits per heavy atom. The molecule has 670 valence electrons. The van der Waals surface area contributed by atoms with Gasteiger partial charge in [-0.1, -0.05) is 102 Å². The molecule has 0 aromatic heterocycles. The van der Waals surface area contributed by atoms with Crippen LogP contribution >= 0.6 is 0 Å². The summed E-state index contributed by atoms with van der Waals surface area (Å²) in [6, 6.07) is 40.1. The zero-order valence-corrected chi connectivity index (χ0v) is 68.4. The number of benzene rings is 7. The van der Waals surface area contributed by atoms with Crippen LogP contribution in [0, 0.1) is 20.8 Å². The van der Waals surface area contributed by atoms with Crippen molar-refractivity contribution in [3.8, 4) is 11.1 Å². The second-order valence-corrected chi connectivity index (χ2v) is 28.4. The zero-order valence-electron chi connectivity index (χ0n) is 68.4. The maximum Gasteiger partial charge on any atom is 0.417 e. The molecule has 0 unspecified atom stereocenters. The number of hydrogen-bond acceptors (Lipinski definition) is 18. The number of amides is 6. The number of carbonyl (C=O) groups is 6. The quantitative estimate of drug-likeness (QED) is 0.0161. The number of hydrogen-bond donors (Lipinski definition) is 18. The Kier molecular flexibility index (Phi) is 50.1. The van der Waals surface area contributed by atoms with Gasteiger partial charge in [0.05, 0.1) is 33.4 Å². The van der Waals surface area contributed by atoms with Gasteiger partial charge >= 0.3 is 24.7 Å². The summed E-state index contributed by atoms with van der Waals surface area (Å²) in [7, 11) is 0. The first kappa shape index (κ1) is 107. The number of nitrogens with two attached hydrogens (primary N) is 12. The molecule has 6 atom stereocenters. The van der Waals surface area contributed by atoms with E-state index in [2.05, 4.69) is 31.9 Å². The van der Waals surface area contributed by atoms with Gasteiger partial charge < -0.3 is 101 Å². The van der Waals surface area contributed by atoms with Crippen LogP contribution in [0.2, 0.25) is 0 Å². The van der Waals surface area contributed by atoms with E-state index in [0.717, 1.165) is 85.4 Å². The molecule has 0 radical (unpaired) electrons. The van der Waals surface area contributed by atoms with Gasteiger partial charge in [0.2, 0.25) is 0 Å². The van der Waals surface area contributed by atoms with E-state index < -0.39 is 81.8 Å². The Bertz CT molecular complexity index is 4180. The van der Waals surface area contributed by atoms with Crippen molar-refractivity contribution in [3.63, 3.8) is 0 Å². The zero-order chi connectivity index (χ0) is 90.9. The van der Waals surface area contributed by atoms with Crippen LogP contribution in [0.1, 0.15) is 178 Å². The van der Waals surface area contributed by atoms with Gasteiger partial charge in [0, 0.05) is 97.8 Å². The Balaban J connectivity index is 0.000000494. The summed E-state index contributed by atoms with van der Waals surface area (Å²) in [6.07, 6.45) is -10.0. The first-order valence-corrected chi connectivity index (χ1v) is 39.4. The minimum Gasteiger partial charge on any atom is -0.350 e.